The highest BCUT2D eigenvalue weighted by molar-refractivity contribution is 6.18. The van der Waals surface area contributed by atoms with E-state index >= 15 is 0 Å². The first-order valence-corrected chi connectivity index (χ1v) is 4.77. The zero-order chi connectivity index (χ0) is 10.4. The minimum absolute atomic E-state index is 0.240. The third kappa shape index (κ3) is 2.89. The Morgan fingerprint density at radius 3 is 2.57 bits per heavy atom. The van der Waals surface area contributed by atoms with Gasteiger partial charge in [0.05, 0.1) is 11.4 Å². The summed E-state index contributed by atoms with van der Waals surface area (Å²) in [6.45, 7) is 3.86. The third-order valence-corrected chi connectivity index (χ3v) is 1.85. The molecule has 0 aliphatic carbocycles. The molecule has 2 nitrogen and oxygen atoms in total. The van der Waals surface area contributed by atoms with Crippen molar-refractivity contribution in [2.24, 2.45) is 0 Å². The number of esters is 1. The lowest BCUT2D eigenvalue weighted by Crippen LogP contribution is -2.06. The minimum atomic E-state index is -0.346. The molecule has 0 saturated carbocycles. The summed E-state index contributed by atoms with van der Waals surface area (Å²) in [7, 11) is 0. The summed E-state index contributed by atoms with van der Waals surface area (Å²) in [5.41, 5.74) is 1.50. The van der Waals surface area contributed by atoms with Gasteiger partial charge in [-0.25, -0.2) is 4.79 Å². The number of ether oxygens (including phenoxy) is 1. The summed E-state index contributed by atoms with van der Waals surface area (Å²) in [6, 6.07) is 7.02. The van der Waals surface area contributed by atoms with Crippen LogP contribution < -0.4 is 0 Å². The van der Waals surface area contributed by atoms with Gasteiger partial charge in [-0.1, -0.05) is 24.8 Å². The molecule has 0 radical (unpaired) electrons. The molecule has 0 amide bonds. The highest BCUT2D eigenvalue weighted by atomic mass is 35.5. The number of benzene rings is 1. The quantitative estimate of drug-likeness (QED) is 0.564. The van der Waals surface area contributed by atoms with Crippen LogP contribution in [0.5, 0.6) is 0 Å². The van der Waals surface area contributed by atoms with E-state index in [0.29, 0.717) is 11.4 Å². The Hall–Kier alpha value is -1.28. The number of hydrogen-bond acceptors (Lipinski definition) is 2. The van der Waals surface area contributed by atoms with E-state index in [-0.39, 0.29) is 12.6 Å². The maximum absolute atomic E-state index is 11.3. The highest BCUT2D eigenvalue weighted by Crippen LogP contribution is 2.06. The summed E-state index contributed by atoms with van der Waals surface area (Å²) in [6.07, 6.45) is 1.72. The van der Waals surface area contributed by atoms with E-state index < -0.39 is 0 Å². The number of halogens is 1. The van der Waals surface area contributed by atoms with Crippen molar-refractivity contribution in [2.45, 2.75) is 0 Å². The van der Waals surface area contributed by atoms with Crippen LogP contribution in [0.25, 0.3) is 6.08 Å². The Balaban J connectivity index is 2.66. The van der Waals surface area contributed by atoms with E-state index in [1.807, 2.05) is 12.1 Å². The van der Waals surface area contributed by atoms with E-state index in [1.165, 1.54) is 0 Å². The second kappa shape index (κ2) is 5.45. The molecule has 0 aliphatic rings. The van der Waals surface area contributed by atoms with E-state index in [9.17, 15) is 4.79 Å². The standard InChI is InChI=1S/C11H11ClO2/c1-2-9-3-5-10(6-4-9)11(13)14-8-7-12/h2-6H,1,7-8H2. The molecule has 0 atom stereocenters. The van der Waals surface area contributed by atoms with Crippen LogP contribution in [0.15, 0.2) is 30.8 Å². The van der Waals surface area contributed by atoms with Gasteiger partial charge in [0.2, 0.25) is 0 Å². The first-order valence-electron chi connectivity index (χ1n) is 4.23. The van der Waals surface area contributed by atoms with E-state index in [2.05, 4.69) is 6.58 Å². The van der Waals surface area contributed by atoms with Gasteiger partial charge in [0.15, 0.2) is 0 Å². The van der Waals surface area contributed by atoms with E-state index in [4.69, 9.17) is 16.3 Å². The first-order chi connectivity index (χ1) is 6.77. The zero-order valence-electron chi connectivity index (χ0n) is 7.70. The number of hydrogen-bond donors (Lipinski definition) is 0. The summed E-state index contributed by atoms with van der Waals surface area (Å²) in [5, 5.41) is 0. The van der Waals surface area contributed by atoms with Crippen LogP contribution in [0.1, 0.15) is 15.9 Å². The number of rotatable bonds is 4. The van der Waals surface area contributed by atoms with Crippen LogP contribution in [-0.2, 0) is 4.74 Å². The number of alkyl halides is 1. The first kappa shape index (κ1) is 10.8. The number of carbonyl (C=O) groups excluding carboxylic acids is 1. The van der Waals surface area contributed by atoms with Crippen LogP contribution in [0.3, 0.4) is 0 Å². The monoisotopic (exact) mass is 210 g/mol. The van der Waals surface area contributed by atoms with Crippen molar-refractivity contribution < 1.29 is 9.53 Å². The van der Waals surface area contributed by atoms with Gasteiger partial charge in [-0.3, -0.25) is 0 Å². The topological polar surface area (TPSA) is 26.3 Å². The molecule has 3 heteroatoms. The Bertz CT molecular complexity index is 317. The molecule has 0 aromatic heterocycles. The van der Waals surface area contributed by atoms with Gasteiger partial charge in [0.25, 0.3) is 0 Å². The molecule has 0 bridgehead atoms. The molecule has 0 aliphatic heterocycles. The molecule has 0 N–H and O–H groups in total. The predicted molar refractivity (Wildman–Crippen MR) is 57.5 cm³/mol. The van der Waals surface area contributed by atoms with Gasteiger partial charge < -0.3 is 4.74 Å². The van der Waals surface area contributed by atoms with Crippen LogP contribution in [0, 0.1) is 0 Å². The third-order valence-electron chi connectivity index (χ3n) is 1.69. The Morgan fingerprint density at radius 2 is 2.07 bits per heavy atom. The molecular weight excluding hydrogens is 200 g/mol. The fraction of sp³-hybridized carbons (Fsp3) is 0.182. The highest BCUT2D eigenvalue weighted by Gasteiger charge is 2.05. The molecule has 14 heavy (non-hydrogen) atoms. The van der Waals surface area contributed by atoms with Crippen molar-refractivity contribution in [1.29, 1.82) is 0 Å². The fourth-order valence-electron chi connectivity index (χ4n) is 0.970. The van der Waals surface area contributed by atoms with Crippen molar-refractivity contribution >= 4 is 23.6 Å². The van der Waals surface area contributed by atoms with Gasteiger partial charge >= 0.3 is 5.97 Å². The Morgan fingerprint density at radius 1 is 1.43 bits per heavy atom. The van der Waals surface area contributed by atoms with Crippen LogP contribution in [0.4, 0.5) is 0 Å². The van der Waals surface area contributed by atoms with Gasteiger partial charge in [0.1, 0.15) is 6.61 Å². The molecule has 1 rings (SSSR count). The van der Waals surface area contributed by atoms with E-state index in [1.54, 1.807) is 18.2 Å². The molecule has 1 aromatic carbocycles. The van der Waals surface area contributed by atoms with Gasteiger partial charge in [0, 0.05) is 0 Å². The second-order valence-corrected chi connectivity index (χ2v) is 3.03. The van der Waals surface area contributed by atoms with Crippen molar-refractivity contribution in [3.63, 3.8) is 0 Å². The molecular formula is C11H11ClO2. The maximum atomic E-state index is 11.3. The van der Waals surface area contributed by atoms with Gasteiger partial charge in [-0.15, -0.1) is 11.6 Å². The van der Waals surface area contributed by atoms with Crippen LogP contribution >= 0.6 is 11.6 Å². The van der Waals surface area contributed by atoms with E-state index in [0.717, 1.165) is 5.56 Å². The normalized spacial score (nSPS) is 9.50. The Kier molecular flexibility index (Phi) is 4.20. The van der Waals surface area contributed by atoms with Crippen molar-refractivity contribution in [2.75, 3.05) is 12.5 Å². The number of carbonyl (C=O) groups is 1. The maximum Gasteiger partial charge on any atom is 0.338 e. The summed E-state index contributed by atoms with van der Waals surface area (Å²) < 4.78 is 4.85. The smallest absolute Gasteiger partial charge is 0.338 e. The molecule has 74 valence electrons. The SMILES string of the molecule is C=Cc1ccc(C(=O)OCCCl)cc1. The average Bonchev–Trinajstić information content (AvgIpc) is 2.26. The average molecular weight is 211 g/mol. The fourth-order valence-corrected chi connectivity index (χ4v) is 1.05. The second-order valence-electron chi connectivity index (χ2n) is 2.65. The largest absolute Gasteiger partial charge is 0.461 e. The lowest BCUT2D eigenvalue weighted by atomic mass is 10.1. The van der Waals surface area contributed by atoms with Crippen molar-refractivity contribution in [3.05, 3.63) is 42.0 Å². The molecule has 0 saturated heterocycles. The lowest BCUT2D eigenvalue weighted by Gasteiger charge is -2.02. The Labute approximate surface area is 88.1 Å². The zero-order valence-corrected chi connectivity index (χ0v) is 8.46. The molecule has 0 spiro atoms. The van der Waals surface area contributed by atoms with Crippen LogP contribution in [-0.4, -0.2) is 18.5 Å². The van der Waals surface area contributed by atoms with Crippen LogP contribution in [0.2, 0.25) is 0 Å². The summed E-state index contributed by atoms with van der Waals surface area (Å²) in [5.74, 6) is -0.0301. The minimum Gasteiger partial charge on any atom is -0.461 e. The van der Waals surface area contributed by atoms with Gasteiger partial charge in [-0.05, 0) is 17.7 Å². The van der Waals surface area contributed by atoms with Gasteiger partial charge in [-0.2, -0.15) is 0 Å². The summed E-state index contributed by atoms with van der Waals surface area (Å²) in [4.78, 5) is 11.3. The summed E-state index contributed by atoms with van der Waals surface area (Å²) >= 11 is 5.39. The lowest BCUT2D eigenvalue weighted by molar-refractivity contribution is 0.0529. The molecule has 0 heterocycles. The molecule has 0 unspecified atom stereocenters. The van der Waals surface area contributed by atoms with Crippen molar-refractivity contribution in [1.82, 2.24) is 0 Å². The molecule has 0 fully saturated rings. The molecule has 1 aromatic rings. The van der Waals surface area contributed by atoms with Crippen molar-refractivity contribution in [3.8, 4) is 0 Å². The predicted octanol–water partition coefficient (Wildman–Crippen LogP) is 2.73.